The number of carboxylic acid groups (broad SMARTS) is 1. The lowest BCUT2D eigenvalue weighted by atomic mass is 10.4. The van der Waals surface area contributed by atoms with Crippen LogP contribution in [0.1, 0.15) is 19.8 Å². The van der Waals surface area contributed by atoms with Crippen LogP contribution >= 0.6 is 0 Å². The van der Waals surface area contributed by atoms with Crippen LogP contribution in [0.25, 0.3) is 0 Å². The van der Waals surface area contributed by atoms with Gasteiger partial charge in [-0.3, -0.25) is 4.90 Å². The van der Waals surface area contributed by atoms with Gasteiger partial charge in [0.2, 0.25) is 0 Å². The van der Waals surface area contributed by atoms with Crippen molar-refractivity contribution >= 4 is 6.16 Å². The minimum absolute atomic E-state index is 0.197. The Balaban J connectivity index is 2.37. The third kappa shape index (κ3) is 2.08. The predicted octanol–water partition coefficient (Wildman–Crippen LogP) is 1.12. The molecule has 4 nitrogen and oxygen atoms in total. The molecule has 1 aliphatic heterocycles. The van der Waals surface area contributed by atoms with Gasteiger partial charge in [-0.1, -0.05) is 6.92 Å². The molecule has 1 atom stereocenters. The zero-order chi connectivity index (χ0) is 8.27. The second-order valence-electron chi connectivity index (χ2n) is 2.61. The lowest BCUT2D eigenvalue weighted by Crippen LogP contribution is -2.32. The normalized spacial score (nSPS) is 25.4. The second kappa shape index (κ2) is 3.57. The number of hydrogen-bond acceptors (Lipinski definition) is 3. The van der Waals surface area contributed by atoms with Crippen molar-refractivity contribution in [3.63, 3.8) is 0 Å². The fourth-order valence-electron chi connectivity index (χ4n) is 1.41. The Morgan fingerprint density at radius 3 is 3.09 bits per heavy atom. The Hall–Kier alpha value is -0.770. The van der Waals surface area contributed by atoms with E-state index in [0.717, 1.165) is 25.9 Å². The molecular weight excluding hydrogens is 146 g/mol. The van der Waals surface area contributed by atoms with E-state index in [4.69, 9.17) is 5.11 Å². The van der Waals surface area contributed by atoms with Gasteiger partial charge < -0.3 is 9.84 Å². The molecule has 1 aliphatic rings. The van der Waals surface area contributed by atoms with E-state index < -0.39 is 6.16 Å². The Morgan fingerprint density at radius 1 is 1.82 bits per heavy atom. The summed E-state index contributed by atoms with van der Waals surface area (Å²) in [6.07, 6.45) is 0.499. The third-order valence-corrected chi connectivity index (χ3v) is 1.95. The Morgan fingerprint density at radius 2 is 2.55 bits per heavy atom. The topological polar surface area (TPSA) is 49.8 Å². The van der Waals surface area contributed by atoms with Crippen LogP contribution in [0.5, 0.6) is 0 Å². The van der Waals surface area contributed by atoms with Crippen molar-refractivity contribution in [2.24, 2.45) is 0 Å². The van der Waals surface area contributed by atoms with Gasteiger partial charge in [-0.05, 0) is 19.4 Å². The summed E-state index contributed by atoms with van der Waals surface area (Å²) in [4.78, 5) is 12.2. The van der Waals surface area contributed by atoms with Crippen LogP contribution in [-0.2, 0) is 4.74 Å². The van der Waals surface area contributed by atoms with Gasteiger partial charge in [-0.15, -0.1) is 0 Å². The summed E-state index contributed by atoms with van der Waals surface area (Å²) in [5, 5.41) is 8.34. The molecule has 1 N–H and O–H groups in total. The second-order valence-corrected chi connectivity index (χ2v) is 2.61. The van der Waals surface area contributed by atoms with Gasteiger partial charge in [-0.2, -0.15) is 0 Å². The first kappa shape index (κ1) is 8.33. The minimum atomic E-state index is -1.17. The van der Waals surface area contributed by atoms with Gasteiger partial charge in [0.1, 0.15) is 0 Å². The average molecular weight is 159 g/mol. The highest BCUT2D eigenvalue weighted by atomic mass is 16.7. The number of carbonyl (C=O) groups is 1. The van der Waals surface area contributed by atoms with E-state index in [9.17, 15) is 4.79 Å². The van der Waals surface area contributed by atoms with Crippen LogP contribution in [-0.4, -0.2) is 35.5 Å². The molecule has 0 bridgehead atoms. The molecule has 0 spiro atoms. The SMILES string of the molecule is CCN1CCCC1OC(=O)O. The summed E-state index contributed by atoms with van der Waals surface area (Å²) in [7, 11) is 0. The zero-order valence-corrected chi connectivity index (χ0v) is 6.62. The Kier molecular flexibility index (Phi) is 2.70. The molecule has 1 unspecified atom stereocenters. The van der Waals surface area contributed by atoms with Crippen molar-refractivity contribution < 1.29 is 14.6 Å². The largest absolute Gasteiger partial charge is 0.507 e. The maximum Gasteiger partial charge on any atom is 0.507 e. The first-order valence-electron chi connectivity index (χ1n) is 3.87. The fourth-order valence-corrected chi connectivity index (χ4v) is 1.41. The fraction of sp³-hybridized carbons (Fsp3) is 0.857. The first-order chi connectivity index (χ1) is 5.24. The van der Waals surface area contributed by atoms with E-state index in [1.54, 1.807) is 0 Å². The van der Waals surface area contributed by atoms with E-state index in [0.29, 0.717) is 0 Å². The number of likely N-dealkylation sites (tertiary alicyclic amines) is 1. The number of nitrogens with zero attached hydrogens (tertiary/aromatic N) is 1. The van der Waals surface area contributed by atoms with Gasteiger partial charge >= 0.3 is 6.16 Å². The van der Waals surface area contributed by atoms with Crippen LogP contribution < -0.4 is 0 Å². The lowest BCUT2D eigenvalue weighted by Gasteiger charge is -2.20. The molecule has 0 amide bonds. The monoisotopic (exact) mass is 159 g/mol. The zero-order valence-electron chi connectivity index (χ0n) is 6.62. The van der Waals surface area contributed by atoms with Crippen molar-refractivity contribution in [1.29, 1.82) is 0 Å². The molecule has 0 radical (unpaired) electrons. The number of rotatable bonds is 2. The van der Waals surface area contributed by atoms with Crippen LogP contribution in [0.3, 0.4) is 0 Å². The standard InChI is InChI=1S/C7H13NO3/c1-2-8-5-3-4-6(8)11-7(9)10/h6H,2-5H2,1H3,(H,9,10). The van der Waals surface area contributed by atoms with Gasteiger partial charge in [0.05, 0.1) is 0 Å². The van der Waals surface area contributed by atoms with Crippen LogP contribution in [0.2, 0.25) is 0 Å². The van der Waals surface area contributed by atoms with E-state index in [2.05, 4.69) is 4.74 Å². The molecule has 0 aromatic carbocycles. The van der Waals surface area contributed by atoms with Gasteiger partial charge in [0.25, 0.3) is 0 Å². The summed E-state index contributed by atoms with van der Waals surface area (Å²) in [5.74, 6) is 0. The summed E-state index contributed by atoms with van der Waals surface area (Å²) in [6, 6.07) is 0. The number of hydrogen-bond donors (Lipinski definition) is 1. The summed E-state index contributed by atoms with van der Waals surface area (Å²) >= 11 is 0. The van der Waals surface area contributed by atoms with Crippen molar-refractivity contribution in [3.05, 3.63) is 0 Å². The maximum atomic E-state index is 10.2. The molecule has 0 aliphatic carbocycles. The maximum absolute atomic E-state index is 10.2. The minimum Gasteiger partial charge on any atom is -0.450 e. The third-order valence-electron chi connectivity index (χ3n) is 1.95. The highest BCUT2D eigenvalue weighted by Crippen LogP contribution is 2.17. The number of ether oxygens (including phenoxy) is 1. The first-order valence-corrected chi connectivity index (χ1v) is 3.87. The predicted molar refractivity (Wildman–Crippen MR) is 39.4 cm³/mol. The smallest absolute Gasteiger partial charge is 0.450 e. The van der Waals surface area contributed by atoms with Crippen molar-refractivity contribution in [1.82, 2.24) is 4.90 Å². The van der Waals surface area contributed by atoms with Gasteiger partial charge in [0, 0.05) is 6.54 Å². The van der Waals surface area contributed by atoms with Crippen molar-refractivity contribution in [3.8, 4) is 0 Å². The molecular formula is C7H13NO3. The summed E-state index contributed by atoms with van der Waals surface area (Å²) in [6.45, 7) is 3.82. The molecule has 1 fully saturated rings. The molecule has 0 aromatic heterocycles. The van der Waals surface area contributed by atoms with E-state index in [1.807, 2.05) is 11.8 Å². The molecule has 4 heteroatoms. The van der Waals surface area contributed by atoms with Gasteiger partial charge in [0.15, 0.2) is 6.23 Å². The molecule has 64 valence electrons. The Labute approximate surface area is 65.8 Å². The molecule has 11 heavy (non-hydrogen) atoms. The molecule has 0 saturated carbocycles. The van der Waals surface area contributed by atoms with E-state index >= 15 is 0 Å². The van der Waals surface area contributed by atoms with Crippen LogP contribution in [0, 0.1) is 0 Å². The summed E-state index contributed by atoms with van der Waals surface area (Å²) in [5.41, 5.74) is 0. The highest BCUT2D eigenvalue weighted by molar-refractivity contribution is 5.57. The van der Waals surface area contributed by atoms with Crippen LogP contribution in [0.4, 0.5) is 4.79 Å². The van der Waals surface area contributed by atoms with Crippen molar-refractivity contribution in [2.45, 2.75) is 26.0 Å². The average Bonchev–Trinajstić information content (AvgIpc) is 2.34. The van der Waals surface area contributed by atoms with E-state index in [-0.39, 0.29) is 6.23 Å². The molecule has 1 saturated heterocycles. The van der Waals surface area contributed by atoms with E-state index in [1.165, 1.54) is 0 Å². The lowest BCUT2D eigenvalue weighted by molar-refractivity contribution is -0.0113. The summed E-state index contributed by atoms with van der Waals surface area (Å²) < 4.78 is 4.66. The molecule has 0 aromatic rings. The van der Waals surface area contributed by atoms with Crippen LogP contribution in [0.15, 0.2) is 0 Å². The Bertz CT molecular complexity index is 149. The van der Waals surface area contributed by atoms with Gasteiger partial charge in [-0.25, -0.2) is 4.79 Å². The molecule has 1 rings (SSSR count). The quantitative estimate of drug-likeness (QED) is 0.613. The molecule has 1 heterocycles. The highest BCUT2D eigenvalue weighted by Gasteiger charge is 2.25. The van der Waals surface area contributed by atoms with Crippen molar-refractivity contribution in [2.75, 3.05) is 13.1 Å².